The van der Waals surface area contributed by atoms with Crippen LogP contribution >= 0.6 is 11.8 Å². The first-order chi connectivity index (χ1) is 45.2. The molecule has 3 rings (SSSR count). The minimum absolute atomic E-state index is 0.00913. The third kappa shape index (κ3) is 27.7. The van der Waals surface area contributed by atoms with Crippen molar-refractivity contribution in [2.75, 3.05) is 51.7 Å². The van der Waals surface area contributed by atoms with Crippen LogP contribution in [0.1, 0.15) is 84.1 Å². The zero-order chi connectivity index (χ0) is 72.1. The van der Waals surface area contributed by atoms with Gasteiger partial charge in [0.1, 0.15) is 60.3 Å². The normalized spacial score (nSPS) is 19.9. The Morgan fingerprint density at radius 2 is 1.31 bits per heavy atom. The second kappa shape index (κ2) is 40.8. The van der Waals surface area contributed by atoms with Crippen LogP contribution in [0.15, 0.2) is 29.3 Å². The summed E-state index contributed by atoms with van der Waals surface area (Å²) in [6, 6.07) is -7.38. The fourth-order valence-electron chi connectivity index (χ4n) is 9.86. The molecule has 536 valence electrons. The fraction of sp³-hybridized carbons (Fsp3) is 0.632. The van der Waals surface area contributed by atoms with E-state index < -0.39 is 206 Å². The molecule has 39 heteroatoms. The van der Waals surface area contributed by atoms with Gasteiger partial charge in [-0.15, -0.1) is 11.8 Å². The highest BCUT2D eigenvalue weighted by atomic mass is 32.2. The molecule has 0 saturated carbocycles. The number of aliphatic hydroxyl groups is 6. The van der Waals surface area contributed by atoms with E-state index in [0.717, 1.165) is 16.7 Å². The quantitative estimate of drug-likeness (QED) is 0.00722. The Morgan fingerprint density at radius 1 is 0.729 bits per heavy atom. The number of aliphatic imine (C=N–C) groups is 1. The number of primary amides is 1. The van der Waals surface area contributed by atoms with Gasteiger partial charge in [0.25, 0.3) is 0 Å². The average Bonchev–Trinajstić information content (AvgIpc) is 1.13. The van der Waals surface area contributed by atoms with Crippen molar-refractivity contribution in [3.05, 3.63) is 29.8 Å². The number of aromatic hydroxyl groups is 1. The third-order valence-electron chi connectivity index (χ3n) is 15.0. The van der Waals surface area contributed by atoms with Crippen LogP contribution in [-0.4, -0.2) is 276 Å². The molecule has 14 atom stereocenters. The van der Waals surface area contributed by atoms with Crippen molar-refractivity contribution in [1.29, 1.82) is 0 Å². The monoisotopic (exact) mass is 1380 g/mol. The van der Waals surface area contributed by atoms with Crippen LogP contribution in [-0.2, 0) is 73.5 Å². The summed E-state index contributed by atoms with van der Waals surface area (Å²) in [4.78, 5) is 190. The second-order valence-electron chi connectivity index (χ2n) is 23.3. The maximum Gasteiger partial charge on any atom is 0.305 e. The molecule has 26 N–H and O–H groups in total. The summed E-state index contributed by atoms with van der Waals surface area (Å²) < 4.78 is 0. The number of benzene rings is 1. The van der Waals surface area contributed by atoms with Crippen LogP contribution < -0.4 is 70.8 Å². The van der Waals surface area contributed by atoms with E-state index in [1.807, 2.05) is 5.32 Å². The summed E-state index contributed by atoms with van der Waals surface area (Å²) in [5, 5.41) is 100. The molecule has 0 aromatic heterocycles. The van der Waals surface area contributed by atoms with Crippen molar-refractivity contribution in [2.45, 2.75) is 169 Å². The molecule has 10 unspecified atom stereocenters. The number of carboxylic acids is 1. The number of nitrogens with zero attached hydrogens (tertiary/aromatic N) is 3. The number of carbonyl (C=O) groups excluding carboxylic acids is 13. The summed E-state index contributed by atoms with van der Waals surface area (Å²) >= 11 is 0.828. The molecule has 0 spiro atoms. The molecular weight excluding hydrogens is 1290 g/mol. The zero-order valence-corrected chi connectivity index (χ0v) is 54.1. The number of rotatable bonds is 42. The Bertz CT molecular complexity index is 2910. The van der Waals surface area contributed by atoms with Gasteiger partial charge < -0.3 is 95.7 Å². The topological polar surface area (TPSA) is 634 Å². The largest absolute Gasteiger partial charge is 0.508 e. The Kier molecular flexibility index (Phi) is 34.7. The first kappa shape index (κ1) is 81.7. The van der Waals surface area contributed by atoms with Crippen molar-refractivity contribution < 1.29 is 114 Å². The van der Waals surface area contributed by atoms with Gasteiger partial charge in [-0.3, -0.25) is 97.9 Å². The number of phenolic OH excluding ortho intramolecular Hbond substituents is 1. The molecule has 2 heterocycles. The molecule has 1 aromatic carbocycles. The lowest BCUT2D eigenvalue weighted by molar-refractivity contribution is -0.405. The van der Waals surface area contributed by atoms with Crippen molar-refractivity contribution in [1.82, 2.24) is 57.7 Å². The van der Waals surface area contributed by atoms with Crippen molar-refractivity contribution in [3.63, 3.8) is 0 Å². The average molecular weight is 1380 g/mol. The molecule has 0 radical (unpaired) electrons. The van der Waals surface area contributed by atoms with E-state index in [1.165, 1.54) is 31.2 Å². The molecular formula is C57H91N16O22S+. The molecule has 0 aliphatic carbocycles. The first-order valence-electron chi connectivity index (χ1n) is 30.7. The van der Waals surface area contributed by atoms with Crippen molar-refractivity contribution in [2.24, 2.45) is 28.1 Å². The third-order valence-corrected chi connectivity index (χ3v) is 16.3. The summed E-state index contributed by atoms with van der Waals surface area (Å²) in [6.07, 6.45) is -9.39. The highest BCUT2D eigenvalue weighted by molar-refractivity contribution is 8.00. The highest BCUT2D eigenvalue weighted by Gasteiger charge is 2.42. The van der Waals surface area contributed by atoms with Gasteiger partial charge >= 0.3 is 5.97 Å². The summed E-state index contributed by atoms with van der Waals surface area (Å²) in [7, 11) is 0. The molecule has 2 saturated heterocycles. The number of thioether (sulfide) groups is 1. The van der Waals surface area contributed by atoms with E-state index in [1.54, 1.807) is 18.7 Å². The number of imide groups is 2. The second-order valence-corrected chi connectivity index (χ2v) is 24.5. The number of aliphatic hydroxyl groups excluding tert-OH is 6. The standard InChI is InChI=1S/C57H90N16O22S/c1-27(2)17-33(65-43(81)21-63-55(94)39(79)26-96-40-20-44(82)73(56(40)95)16-5-4-15-72-22-38(78)47(86)46(85)37(72)24-75)51(90)66-31(7-6-14-62-57(60)61)49(88)67-32(12-13-42(59)80)50(89)68-34(18-29-8-10-30(77)11-9-29)52(91)71-53(92)35(19-45(83)84)69-54(93)36(23-74)64-28(3)48(87)70-41(58)25-76/h8-11,25,27-28,31-41,46-47,64,74-75,77-79,85-86H,4-7,12-24,26,58H2,1-3H3,(H2,59,80)(H,63,94)(H,65,81)(H,66,90)(H,67,88)(H,68,89)(H,69,93)(H,70,87)(H,83,84)(H4,60,61,62)(H,71,91,92)/p+1/t28?,31?,32?,33?,34?,35?,36?,37-,38+,39?,40?,41?,46+,47-/m1/s1. The Labute approximate surface area is 554 Å². The van der Waals surface area contributed by atoms with Crippen LogP contribution in [0, 0.1) is 5.92 Å². The maximum absolute atomic E-state index is 14.3. The number of hydrogen-bond donors (Lipinski definition) is 21. The van der Waals surface area contributed by atoms with Gasteiger partial charge in [0.15, 0.2) is 12.2 Å². The number of phenols is 1. The fourth-order valence-corrected chi connectivity index (χ4v) is 11.0. The molecule has 2 aliphatic heterocycles. The number of likely N-dealkylation sites (tertiary alicyclic amines) is 2. The van der Waals surface area contributed by atoms with Crippen LogP contribution in [0.5, 0.6) is 5.75 Å². The smallest absolute Gasteiger partial charge is 0.305 e. The lowest BCUT2D eigenvalue weighted by atomic mass is 9.94. The number of hydrogen-bond acceptors (Lipinski definition) is 25. The SMILES string of the molecule is CC(C)CC(NC(=O)CNC(=O)C(O)CSC1CC(=O)N(CCCCN2C[C@H](O)[C@@H](O)[C@@H](O)[C@H]2CO)C1=O)C(=O)NC(CCCN=C(N)N)C(=O)NC(CCC(N)=O)C(=O)NC(Cc1ccc(O)cc1)C(=O)NC(=O)C(CC(=O)O)NC(=O)C(CO)NC(C)C(=O)NC([NH3+])C=O. The van der Waals surface area contributed by atoms with Gasteiger partial charge in [0.05, 0.1) is 49.6 Å². The van der Waals surface area contributed by atoms with Crippen LogP contribution in [0.25, 0.3) is 0 Å². The number of nitrogens with one attached hydrogen (secondary N) is 9. The summed E-state index contributed by atoms with van der Waals surface area (Å²) in [5.74, 6) is -15.0. The highest BCUT2D eigenvalue weighted by Crippen LogP contribution is 2.27. The van der Waals surface area contributed by atoms with Crippen molar-refractivity contribution in [3.8, 4) is 5.75 Å². The van der Waals surface area contributed by atoms with E-state index >= 15 is 0 Å². The van der Waals surface area contributed by atoms with Gasteiger partial charge in [-0.2, -0.15) is 0 Å². The maximum atomic E-state index is 14.3. The molecule has 12 amide bonds. The van der Waals surface area contributed by atoms with Gasteiger partial charge in [-0.1, -0.05) is 26.0 Å². The molecule has 0 bridgehead atoms. The lowest BCUT2D eigenvalue weighted by Crippen LogP contribution is -2.71. The van der Waals surface area contributed by atoms with Gasteiger partial charge in [0, 0.05) is 44.6 Å². The van der Waals surface area contributed by atoms with Gasteiger partial charge in [-0.05, 0) is 75.6 Å². The number of aldehydes is 1. The van der Waals surface area contributed by atoms with Crippen LogP contribution in [0.3, 0.4) is 0 Å². The van der Waals surface area contributed by atoms with E-state index in [-0.39, 0.29) is 80.8 Å². The van der Waals surface area contributed by atoms with E-state index in [0.29, 0.717) is 19.1 Å². The number of carboxylic acid groups (broad SMARTS) is 1. The molecule has 96 heavy (non-hydrogen) atoms. The van der Waals surface area contributed by atoms with Gasteiger partial charge in [0.2, 0.25) is 77.1 Å². The summed E-state index contributed by atoms with van der Waals surface area (Å²) in [6.45, 7) is 2.49. The minimum atomic E-state index is -2.06. The molecule has 2 fully saturated rings. The van der Waals surface area contributed by atoms with Crippen LogP contribution in [0.4, 0.5) is 0 Å². The predicted molar refractivity (Wildman–Crippen MR) is 335 cm³/mol. The number of piperidine rings is 1. The number of aliphatic carboxylic acids is 1. The molecule has 38 nitrogen and oxygen atoms in total. The van der Waals surface area contributed by atoms with E-state index in [9.17, 15) is 108 Å². The van der Waals surface area contributed by atoms with Gasteiger partial charge in [-0.25, -0.2) is 0 Å². The molecule has 1 aromatic rings. The number of quaternary nitrogens is 1. The lowest BCUT2D eigenvalue weighted by Gasteiger charge is -2.43. The number of guanidine groups is 1. The molecule has 2 aliphatic rings. The minimum Gasteiger partial charge on any atom is -0.508 e. The van der Waals surface area contributed by atoms with Crippen molar-refractivity contribution >= 4 is 101 Å². The summed E-state index contributed by atoms with van der Waals surface area (Å²) in [5.41, 5.74) is 20.0. The first-order valence-corrected chi connectivity index (χ1v) is 31.7. The Hall–Kier alpha value is -8.54. The number of amides is 12. The Morgan fingerprint density at radius 3 is 1.90 bits per heavy atom. The van der Waals surface area contributed by atoms with E-state index in [4.69, 9.17) is 17.2 Å². The number of nitrogens with two attached hydrogens (primary N) is 3. The number of unbranched alkanes of at least 4 members (excludes halogenated alkanes) is 1. The Balaban J connectivity index is 1.76. The zero-order valence-electron chi connectivity index (χ0n) is 53.3. The number of β-amino-alcohol motifs (C(OH)–C–C–N with tert-alkyl or cyclic N) is 1. The number of carbonyl (C=O) groups is 14. The predicted octanol–water partition coefficient (Wildman–Crippen LogP) is -11.1. The van der Waals surface area contributed by atoms with Crippen LogP contribution in [0.2, 0.25) is 0 Å². The van der Waals surface area contributed by atoms with E-state index in [2.05, 4.69) is 53.3 Å².